The van der Waals surface area contributed by atoms with E-state index >= 15 is 0 Å². The highest BCUT2D eigenvalue weighted by Crippen LogP contribution is 2.40. The number of pyridine rings is 1. The second-order valence-corrected chi connectivity index (χ2v) is 9.97. The molecule has 1 atom stereocenters. The Morgan fingerprint density at radius 1 is 1.25 bits per heavy atom. The Bertz CT molecular complexity index is 1280. The summed E-state index contributed by atoms with van der Waals surface area (Å²) in [6.07, 6.45) is 4.28. The predicted molar refractivity (Wildman–Crippen MR) is 134 cm³/mol. The maximum absolute atomic E-state index is 13.5. The molecule has 0 spiro atoms. The first kappa shape index (κ1) is 25.8. The summed E-state index contributed by atoms with van der Waals surface area (Å²) in [7, 11) is 0. The summed E-state index contributed by atoms with van der Waals surface area (Å²) in [5.74, 6) is -3.91. The summed E-state index contributed by atoms with van der Waals surface area (Å²) in [5, 5.41) is 12.7. The van der Waals surface area contributed by atoms with Crippen LogP contribution in [-0.2, 0) is 4.79 Å². The maximum Gasteiger partial charge on any atom is 0.257 e. The Kier molecular flexibility index (Phi) is 7.41. The first-order valence-electron chi connectivity index (χ1n) is 11.9. The molecule has 1 N–H and O–H groups in total. The number of carbonyl (C=O) groups is 2. The first-order chi connectivity index (χ1) is 17.1. The van der Waals surface area contributed by atoms with Crippen LogP contribution in [0.25, 0.3) is 6.08 Å². The van der Waals surface area contributed by atoms with Gasteiger partial charge in [0.05, 0.1) is 22.5 Å². The molecule has 1 aromatic heterocycles. The van der Waals surface area contributed by atoms with E-state index in [1.807, 2.05) is 19.1 Å². The molecule has 2 heterocycles. The van der Waals surface area contributed by atoms with Gasteiger partial charge < -0.3 is 10.2 Å². The van der Waals surface area contributed by atoms with Crippen LogP contribution in [0.3, 0.4) is 0 Å². The third-order valence-corrected chi connectivity index (χ3v) is 7.09. The minimum absolute atomic E-state index is 0.179. The lowest BCUT2D eigenvalue weighted by atomic mass is 9.97. The number of anilines is 1. The summed E-state index contributed by atoms with van der Waals surface area (Å²) in [6, 6.07) is 7.07. The molecule has 2 fully saturated rings. The van der Waals surface area contributed by atoms with E-state index in [1.165, 1.54) is 12.3 Å². The van der Waals surface area contributed by atoms with E-state index in [2.05, 4.69) is 10.3 Å². The largest absolute Gasteiger partial charge is 0.342 e. The first-order valence-corrected chi connectivity index (χ1v) is 12.3. The normalized spacial score (nSPS) is 19.1. The Morgan fingerprint density at radius 3 is 2.61 bits per heavy atom. The van der Waals surface area contributed by atoms with Crippen molar-refractivity contribution in [2.45, 2.75) is 51.9 Å². The minimum Gasteiger partial charge on any atom is -0.342 e. The molecule has 2 aliphatic rings. The molecule has 2 amide bonds. The SMILES string of the molecule is Cc1cc(Cl)cc(C=C2CCN(C(=O)[C@@H]3CCC(F)(F)C3)CC2)c1NC(=O)c1cnc(C)c(C#N)c1. The third-order valence-electron chi connectivity index (χ3n) is 6.87. The zero-order valence-corrected chi connectivity index (χ0v) is 21.0. The number of nitrogens with zero attached hydrogens (tertiary/aromatic N) is 3. The Hall–Kier alpha value is -3.31. The average molecular weight is 513 g/mol. The van der Waals surface area contributed by atoms with Crippen LogP contribution in [0.2, 0.25) is 5.02 Å². The van der Waals surface area contributed by atoms with Crippen LogP contribution in [0.1, 0.15) is 64.8 Å². The number of halogens is 3. The number of amides is 2. The molecule has 1 saturated carbocycles. The molecular formula is C27H27ClF2N4O2. The highest BCUT2D eigenvalue weighted by Gasteiger charge is 2.43. The van der Waals surface area contributed by atoms with E-state index in [0.29, 0.717) is 47.9 Å². The van der Waals surface area contributed by atoms with Gasteiger partial charge in [0.1, 0.15) is 6.07 Å². The molecule has 1 aliphatic carbocycles. The van der Waals surface area contributed by atoms with Crippen molar-refractivity contribution in [1.82, 2.24) is 9.88 Å². The van der Waals surface area contributed by atoms with Gasteiger partial charge in [0.25, 0.3) is 5.91 Å². The van der Waals surface area contributed by atoms with Crippen LogP contribution in [0.15, 0.2) is 30.0 Å². The Labute approximate surface area is 214 Å². The molecule has 9 heteroatoms. The lowest BCUT2D eigenvalue weighted by Gasteiger charge is -2.31. The number of likely N-dealkylation sites (tertiary alicyclic amines) is 1. The number of alkyl halides is 2. The molecular weight excluding hydrogens is 486 g/mol. The standard InChI is InChI=1S/C27H27ClF2N4O2/c1-16-9-23(28)12-20(24(16)33-25(35)22-11-21(14-31)17(2)32-15-22)10-18-4-7-34(8-5-18)26(36)19-3-6-27(29,30)13-19/h9-12,15,19H,3-8,13H2,1-2H3,(H,33,35)/t19-/m1/s1. The van der Waals surface area contributed by atoms with Crippen molar-refractivity contribution in [3.8, 4) is 6.07 Å². The molecule has 6 nitrogen and oxygen atoms in total. The van der Waals surface area contributed by atoms with Crippen LogP contribution >= 0.6 is 11.6 Å². The number of carbonyl (C=O) groups excluding carboxylic acids is 2. The summed E-state index contributed by atoms with van der Waals surface area (Å²) < 4.78 is 27.1. The second-order valence-electron chi connectivity index (χ2n) is 9.53. The highest BCUT2D eigenvalue weighted by atomic mass is 35.5. The third kappa shape index (κ3) is 5.73. The minimum atomic E-state index is -2.74. The number of aryl methyl sites for hydroxylation is 2. The van der Waals surface area contributed by atoms with Crippen molar-refractivity contribution in [1.29, 1.82) is 5.26 Å². The fourth-order valence-corrected chi connectivity index (χ4v) is 5.09. The summed E-state index contributed by atoms with van der Waals surface area (Å²) >= 11 is 6.31. The quantitative estimate of drug-likeness (QED) is 0.551. The van der Waals surface area contributed by atoms with Gasteiger partial charge in [-0.05, 0) is 62.4 Å². The molecule has 2 aromatic rings. The van der Waals surface area contributed by atoms with E-state index in [-0.39, 0.29) is 30.7 Å². The topological polar surface area (TPSA) is 86.1 Å². The van der Waals surface area contributed by atoms with Crippen LogP contribution in [0, 0.1) is 31.1 Å². The number of piperidine rings is 1. The van der Waals surface area contributed by atoms with Crippen molar-refractivity contribution in [2.75, 3.05) is 18.4 Å². The molecule has 1 aromatic carbocycles. The number of nitriles is 1. The highest BCUT2D eigenvalue weighted by molar-refractivity contribution is 6.31. The van der Waals surface area contributed by atoms with Gasteiger partial charge in [-0.2, -0.15) is 5.26 Å². The fourth-order valence-electron chi connectivity index (χ4n) is 4.81. The van der Waals surface area contributed by atoms with E-state index in [4.69, 9.17) is 11.6 Å². The van der Waals surface area contributed by atoms with Crippen LogP contribution in [-0.4, -0.2) is 40.7 Å². The average Bonchev–Trinajstić information content (AvgIpc) is 3.21. The van der Waals surface area contributed by atoms with Crippen LogP contribution in [0.4, 0.5) is 14.5 Å². The zero-order valence-electron chi connectivity index (χ0n) is 20.2. The van der Waals surface area contributed by atoms with Crippen molar-refractivity contribution in [3.63, 3.8) is 0 Å². The van der Waals surface area contributed by atoms with Gasteiger partial charge in [-0.3, -0.25) is 14.6 Å². The molecule has 0 bridgehead atoms. The van der Waals surface area contributed by atoms with E-state index in [0.717, 1.165) is 16.7 Å². The van der Waals surface area contributed by atoms with Crippen LogP contribution < -0.4 is 5.32 Å². The number of nitrogens with one attached hydrogen (secondary N) is 1. The van der Waals surface area contributed by atoms with Gasteiger partial charge in [-0.25, -0.2) is 8.78 Å². The molecule has 0 unspecified atom stereocenters. The van der Waals surface area contributed by atoms with Crippen LogP contribution in [0.5, 0.6) is 0 Å². The Balaban J connectivity index is 1.49. The number of aromatic nitrogens is 1. The molecule has 188 valence electrons. The van der Waals surface area contributed by atoms with Crippen molar-refractivity contribution < 1.29 is 18.4 Å². The maximum atomic E-state index is 13.5. The summed E-state index contributed by atoms with van der Waals surface area (Å²) in [4.78, 5) is 31.5. The number of hydrogen-bond acceptors (Lipinski definition) is 4. The van der Waals surface area contributed by atoms with Gasteiger partial charge in [-0.15, -0.1) is 0 Å². The number of benzene rings is 1. The lowest BCUT2D eigenvalue weighted by molar-refractivity contribution is -0.136. The molecule has 36 heavy (non-hydrogen) atoms. The zero-order chi connectivity index (χ0) is 26.0. The van der Waals surface area contributed by atoms with Gasteiger partial charge >= 0.3 is 0 Å². The number of rotatable bonds is 4. The van der Waals surface area contributed by atoms with Gasteiger partial charge in [0, 0.05) is 43.1 Å². The van der Waals surface area contributed by atoms with E-state index in [9.17, 15) is 23.6 Å². The van der Waals surface area contributed by atoms with Gasteiger partial charge in [0.2, 0.25) is 11.8 Å². The monoisotopic (exact) mass is 512 g/mol. The predicted octanol–water partition coefficient (Wildman–Crippen LogP) is 5.92. The van der Waals surface area contributed by atoms with E-state index in [1.54, 1.807) is 24.0 Å². The molecule has 1 aliphatic heterocycles. The van der Waals surface area contributed by atoms with Gasteiger partial charge in [0.15, 0.2) is 0 Å². The molecule has 1 saturated heterocycles. The fraction of sp³-hybridized carbons (Fsp3) is 0.407. The lowest BCUT2D eigenvalue weighted by Crippen LogP contribution is -2.39. The van der Waals surface area contributed by atoms with E-state index < -0.39 is 17.7 Å². The van der Waals surface area contributed by atoms with Crippen molar-refractivity contribution >= 4 is 35.2 Å². The Morgan fingerprint density at radius 2 is 1.97 bits per heavy atom. The van der Waals surface area contributed by atoms with Gasteiger partial charge in [-0.1, -0.05) is 23.3 Å². The number of hydrogen-bond donors (Lipinski definition) is 1. The molecule has 4 rings (SSSR count). The second kappa shape index (κ2) is 10.4. The molecule has 0 radical (unpaired) electrons. The van der Waals surface area contributed by atoms with Crippen molar-refractivity contribution in [2.24, 2.45) is 5.92 Å². The summed E-state index contributed by atoms with van der Waals surface area (Å²) in [5.41, 5.74) is 4.35. The van der Waals surface area contributed by atoms with Crippen molar-refractivity contribution in [3.05, 3.63) is 62.9 Å². The smallest absolute Gasteiger partial charge is 0.257 e. The summed E-state index contributed by atoms with van der Waals surface area (Å²) in [6.45, 7) is 4.49.